The Hall–Kier alpha value is -2.02. The molecule has 124 valence electrons. The van der Waals surface area contributed by atoms with E-state index in [4.69, 9.17) is 9.15 Å². The summed E-state index contributed by atoms with van der Waals surface area (Å²) in [7, 11) is 1.62. The van der Waals surface area contributed by atoms with Gasteiger partial charge in [0, 0.05) is 37.8 Å². The number of hydrogen-bond acceptors (Lipinski definition) is 7. The van der Waals surface area contributed by atoms with Gasteiger partial charge >= 0.3 is 0 Å². The highest BCUT2D eigenvalue weighted by Crippen LogP contribution is 2.28. The van der Waals surface area contributed by atoms with Crippen molar-refractivity contribution in [3.8, 4) is 5.88 Å². The van der Waals surface area contributed by atoms with E-state index in [1.54, 1.807) is 19.5 Å². The summed E-state index contributed by atoms with van der Waals surface area (Å²) in [5.74, 6) is 2.68. The van der Waals surface area contributed by atoms with Crippen molar-refractivity contribution in [2.75, 3.05) is 7.11 Å². The Morgan fingerprint density at radius 1 is 1.22 bits per heavy atom. The maximum absolute atomic E-state index is 5.61. The van der Waals surface area contributed by atoms with Crippen LogP contribution in [-0.4, -0.2) is 33.3 Å². The minimum absolute atomic E-state index is 0.486. The van der Waals surface area contributed by atoms with Gasteiger partial charge in [-0.2, -0.15) is 0 Å². The summed E-state index contributed by atoms with van der Waals surface area (Å²) in [6.45, 7) is 2.70. The first kappa shape index (κ1) is 15.9. The second-order valence-electron chi connectivity index (χ2n) is 5.92. The molecule has 0 aromatic carbocycles. The van der Waals surface area contributed by atoms with Gasteiger partial charge in [-0.1, -0.05) is 6.92 Å². The highest BCUT2D eigenvalue weighted by atomic mass is 16.5. The molecule has 1 saturated carbocycles. The van der Waals surface area contributed by atoms with E-state index in [9.17, 15) is 0 Å². The molecule has 0 spiro atoms. The average Bonchev–Trinajstić information content (AvgIpc) is 3.23. The van der Waals surface area contributed by atoms with Crippen LogP contribution in [0.5, 0.6) is 5.88 Å². The van der Waals surface area contributed by atoms with Gasteiger partial charge in [-0.05, 0) is 25.2 Å². The molecular weight excluding hydrogens is 294 g/mol. The van der Waals surface area contributed by atoms with Crippen molar-refractivity contribution >= 4 is 0 Å². The molecule has 7 heteroatoms. The SMILES string of the molecule is CCc1nnc(C[C@@H]2CC[C@H](NCc3nccnc3OC)C2)o1. The van der Waals surface area contributed by atoms with Crippen LogP contribution in [-0.2, 0) is 19.4 Å². The van der Waals surface area contributed by atoms with E-state index in [1.165, 1.54) is 6.42 Å². The Morgan fingerprint density at radius 3 is 2.83 bits per heavy atom. The van der Waals surface area contributed by atoms with Gasteiger partial charge in [0.15, 0.2) is 0 Å². The van der Waals surface area contributed by atoms with Crippen LogP contribution in [0.4, 0.5) is 0 Å². The predicted molar refractivity (Wildman–Crippen MR) is 83.9 cm³/mol. The lowest BCUT2D eigenvalue weighted by Crippen LogP contribution is -2.26. The Kier molecular flexibility index (Phi) is 5.17. The zero-order chi connectivity index (χ0) is 16.1. The van der Waals surface area contributed by atoms with Gasteiger partial charge in [0.05, 0.1) is 7.11 Å². The summed E-state index contributed by atoms with van der Waals surface area (Å²) < 4.78 is 10.8. The largest absolute Gasteiger partial charge is 0.480 e. The van der Waals surface area contributed by atoms with Crippen molar-refractivity contribution < 1.29 is 9.15 Å². The Balaban J connectivity index is 1.48. The minimum Gasteiger partial charge on any atom is -0.480 e. The lowest BCUT2D eigenvalue weighted by atomic mass is 10.0. The van der Waals surface area contributed by atoms with E-state index >= 15 is 0 Å². The summed E-state index contributed by atoms with van der Waals surface area (Å²) in [5, 5.41) is 11.7. The molecule has 7 nitrogen and oxygen atoms in total. The first-order valence-electron chi connectivity index (χ1n) is 8.17. The molecule has 1 N–H and O–H groups in total. The van der Waals surface area contributed by atoms with E-state index in [0.29, 0.717) is 24.4 Å². The van der Waals surface area contributed by atoms with Crippen molar-refractivity contribution in [2.45, 2.75) is 51.6 Å². The molecular formula is C16H23N5O2. The van der Waals surface area contributed by atoms with E-state index in [0.717, 1.165) is 43.2 Å². The number of ether oxygens (including phenoxy) is 1. The molecule has 1 aliphatic rings. The van der Waals surface area contributed by atoms with Gasteiger partial charge in [-0.25, -0.2) is 4.98 Å². The highest BCUT2D eigenvalue weighted by molar-refractivity contribution is 5.16. The normalized spacial score (nSPS) is 20.8. The monoisotopic (exact) mass is 317 g/mol. The summed E-state index contributed by atoms with van der Waals surface area (Å²) >= 11 is 0. The van der Waals surface area contributed by atoms with Crippen LogP contribution in [0.3, 0.4) is 0 Å². The van der Waals surface area contributed by atoms with Crippen molar-refractivity contribution in [2.24, 2.45) is 5.92 Å². The van der Waals surface area contributed by atoms with Gasteiger partial charge in [0.25, 0.3) is 0 Å². The zero-order valence-corrected chi connectivity index (χ0v) is 13.7. The number of methoxy groups -OCH3 is 1. The van der Waals surface area contributed by atoms with E-state index < -0.39 is 0 Å². The maximum atomic E-state index is 5.61. The molecule has 2 aromatic rings. The second-order valence-corrected chi connectivity index (χ2v) is 5.92. The molecule has 0 amide bonds. The molecule has 0 unspecified atom stereocenters. The van der Waals surface area contributed by atoms with Crippen LogP contribution in [0, 0.1) is 5.92 Å². The van der Waals surface area contributed by atoms with Crippen molar-refractivity contribution in [1.82, 2.24) is 25.5 Å². The quantitative estimate of drug-likeness (QED) is 0.835. The van der Waals surface area contributed by atoms with Crippen LogP contribution in [0.25, 0.3) is 0 Å². The highest BCUT2D eigenvalue weighted by Gasteiger charge is 2.26. The van der Waals surface area contributed by atoms with E-state index in [-0.39, 0.29) is 0 Å². The van der Waals surface area contributed by atoms with Gasteiger partial charge in [-0.15, -0.1) is 10.2 Å². The van der Waals surface area contributed by atoms with Crippen LogP contribution in [0.15, 0.2) is 16.8 Å². The maximum Gasteiger partial charge on any atom is 0.236 e. The lowest BCUT2D eigenvalue weighted by Gasteiger charge is -2.13. The van der Waals surface area contributed by atoms with Crippen LogP contribution in [0.2, 0.25) is 0 Å². The van der Waals surface area contributed by atoms with E-state index in [2.05, 4.69) is 25.5 Å². The molecule has 1 fully saturated rings. The molecule has 3 rings (SSSR count). The third kappa shape index (κ3) is 4.04. The molecule has 0 saturated heterocycles. The third-order valence-corrected chi connectivity index (χ3v) is 4.30. The van der Waals surface area contributed by atoms with E-state index in [1.807, 2.05) is 6.92 Å². The second kappa shape index (κ2) is 7.50. The van der Waals surface area contributed by atoms with Crippen molar-refractivity contribution in [3.63, 3.8) is 0 Å². The fourth-order valence-corrected chi connectivity index (χ4v) is 3.09. The fourth-order valence-electron chi connectivity index (χ4n) is 3.09. The van der Waals surface area contributed by atoms with Gasteiger partial charge in [0.2, 0.25) is 17.7 Å². The molecule has 0 radical (unpaired) electrons. The fraction of sp³-hybridized carbons (Fsp3) is 0.625. The predicted octanol–water partition coefficient (Wildman–Crippen LogP) is 1.93. The number of aromatic nitrogens is 4. The number of rotatable bonds is 7. The van der Waals surface area contributed by atoms with Crippen molar-refractivity contribution in [3.05, 3.63) is 29.9 Å². The third-order valence-electron chi connectivity index (χ3n) is 4.30. The number of nitrogens with one attached hydrogen (secondary N) is 1. The molecule has 1 aliphatic carbocycles. The number of hydrogen-bond donors (Lipinski definition) is 1. The number of nitrogens with zero attached hydrogens (tertiary/aromatic N) is 4. The Morgan fingerprint density at radius 2 is 2.04 bits per heavy atom. The summed E-state index contributed by atoms with van der Waals surface area (Å²) in [6.07, 6.45) is 8.45. The molecule has 0 aliphatic heterocycles. The van der Waals surface area contributed by atoms with Crippen molar-refractivity contribution in [1.29, 1.82) is 0 Å². The summed E-state index contributed by atoms with van der Waals surface area (Å²) in [6, 6.07) is 0.486. The molecule has 23 heavy (non-hydrogen) atoms. The summed E-state index contributed by atoms with van der Waals surface area (Å²) in [4.78, 5) is 8.50. The van der Waals surface area contributed by atoms with Gasteiger partial charge < -0.3 is 14.5 Å². The van der Waals surface area contributed by atoms with Gasteiger partial charge in [0.1, 0.15) is 5.69 Å². The Labute approximate surface area is 135 Å². The molecule has 2 aromatic heterocycles. The number of aryl methyl sites for hydroxylation is 1. The zero-order valence-electron chi connectivity index (χ0n) is 13.7. The Bertz CT molecular complexity index is 630. The van der Waals surface area contributed by atoms with Crippen LogP contribution < -0.4 is 10.1 Å². The minimum atomic E-state index is 0.486. The average molecular weight is 317 g/mol. The smallest absolute Gasteiger partial charge is 0.236 e. The molecule has 2 heterocycles. The first-order chi connectivity index (χ1) is 11.3. The first-order valence-corrected chi connectivity index (χ1v) is 8.17. The molecule has 2 atom stereocenters. The van der Waals surface area contributed by atoms with Crippen LogP contribution in [0.1, 0.15) is 43.7 Å². The molecule has 0 bridgehead atoms. The lowest BCUT2D eigenvalue weighted by molar-refractivity contribution is 0.382. The summed E-state index contributed by atoms with van der Waals surface area (Å²) in [5.41, 5.74) is 0.850. The van der Waals surface area contributed by atoms with Crippen LogP contribution >= 0.6 is 0 Å². The standard InChI is InChI=1S/C16H23N5O2/c1-3-14-20-21-15(23-14)9-11-4-5-12(8-11)19-10-13-16(22-2)18-7-6-17-13/h6-7,11-12,19H,3-5,8-10H2,1-2H3/t11-,12+/m1/s1. The topological polar surface area (TPSA) is 86.0 Å². The van der Waals surface area contributed by atoms with Gasteiger partial charge in [-0.3, -0.25) is 4.98 Å².